The summed E-state index contributed by atoms with van der Waals surface area (Å²) in [7, 11) is 0. The van der Waals surface area contributed by atoms with Crippen molar-refractivity contribution in [2.75, 3.05) is 0 Å². The van der Waals surface area contributed by atoms with E-state index in [-0.39, 0.29) is 0 Å². The lowest BCUT2D eigenvalue weighted by Crippen LogP contribution is -1.85. The first-order valence-electron chi connectivity index (χ1n) is 6.16. The van der Waals surface area contributed by atoms with Crippen LogP contribution in [0.4, 0.5) is 0 Å². The van der Waals surface area contributed by atoms with Crippen molar-refractivity contribution in [1.29, 1.82) is 0 Å². The van der Waals surface area contributed by atoms with Crippen LogP contribution in [0.2, 0.25) is 0 Å². The number of hydrogen-bond donors (Lipinski definition) is 0. The summed E-state index contributed by atoms with van der Waals surface area (Å²) >= 11 is 0. The summed E-state index contributed by atoms with van der Waals surface area (Å²) in [5.74, 6) is 1.67. The van der Waals surface area contributed by atoms with Gasteiger partial charge in [-0.3, -0.25) is 4.98 Å². The third-order valence-corrected chi connectivity index (χ3v) is 2.79. The van der Waals surface area contributed by atoms with E-state index in [0.717, 1.165) is 22.8 Å². The Hall–Kier alpha value is -2.61. The lowest BCUT2D eigenvalue weighted by molar-refractivity contribution is 0.483. The predicted octanol–water partition coefficient (Wildman–Crippen LogP) is 4.54. The minimum Gasteiger partial charge on any atom is -0.457 e. The Morgan fingerprint density at radius 2 is 1.32 bits per heavy atom. The number of benzene rings is 2. The predicted molar refractivity (Wildman–Crippen MR) is 76.2 cm³/mol. The highest BCUT2D eigenvalue weighted by atomic mass is 16.5. The molecule has 0 aliphatic carbocycles. The highest BCUT2D eigenvalue weighted by Crippen LogP contribution is 2.24. The molecule has 0 saturated heterocycles. The lowest BCUT2D eigenvalue weighted by atomic mass is 10.1. The fourth-order valence-electron chi connectivity index (χ4n) is 1.85. The normalized spacial score (nSPS) is 10.1. The Labute approximate surface area is 112 Å². The van der Waals surface area contributed by atoms with Crippen molar-refractivity contribution in [1.82, 2.24) is 4.98 Å². The average molecular weight is 247 g/mol. The van der Waals surface area contributed by atoms with Crippen LogP contribution in [0.15, 0.2) is 79.0 Å². The molecule has 19 heavy (non-hydrogen) atoms. The molecule has 0 unspecified atom stereocenters. The van der Waals surface area contributed by atoms with Gasteiger partial charge in [0.1, 0.15) is 11.5 Å². The standard InChI is InChI=1S/C17H13NO/c1-2-6-15(7-3-1)19-16-11-9-14(10-12-16)17-8-4-5-13-18-17/h1-13H. The summed E-state index contributed by atoms with van der Waals surface area (Å²) in [5, 5.41) is 0. The van der Waals surface area contributed by atoms with E-state index in [1.165, 1.54) is 0 Å². The SMILES string of the molecule is c1ccc(Oc2ccc(-c3ccccn3)cc2)cc1. The zero-order valence-corrected chi connectivity index (χ0v) is 10.4. The van der Waals surface area contributed by atoms with Crippen LogP contribution in [-0.2, 0) is 0 Å². The number of para-hydroxylation sites is 1. The van der Waals surface area contributed by atoms with E-state index < -0.39 is 0 Å². The molecule has 0 spiro atoms. The van der Waals surface area contributed by atoms with E-state index >= 15 is 0 Å². The highest BCUT2D eigenvalue weighted by Gasteiger charge is 2.00. The molecule has 1 heterocycles. The number of aromatic nitrogens is 1. The summed E-state index contributed by atoms with van der Waals surface area (Å²) in [6.07, 6.45) is 1.80. The van der Waals surface area contributed by atoms with Crippen LogP contribution in [0.3, 0.4) is 0 Å². The molecule has 0 fully saturated rings. The molecule has 3 rings (SSSR count). The number of pyridine rings is 1. The maximum atomic E-state index is 5.75. The second kappa shape index (κ2) is 5.36. The molecule has 0 bridgehead atoms. The van der Waals surface area contributed by atoms with Crippen LogP contribution < -0.4 is 4.74 Å². The molecular weight excluding hydrogens is 234 g/mol. The molecule has 2 aromatic carbocycles. The number of hydrogen-bond acceptors (Lipinski definition) is 2. The molecule has 0 saturated carbocycles. The van der Waals surface area contributed by atoms with Crippen molar-refractivity contribution in [3.05, 3.63) is 79.0 Å². The Kier molecular flexibility index (Phi) is 3.24. The van der Waals surface area contributed by atoms with Crippen LogP contribution in [-0.4, -0.2) is 4.98 Å². The van der Waals surface area contributed by atoms with Crippen LogP contribution >= 0.6 is 0 Å². The number of ether oxygens (including phenoxy) is 1. The zero-order chi connectivity index (χ0) is 12.9. The molecule has 0 atom stereocenters. The van der Waals surface area contributed by atoms with Crippen molar-refractivity contribution in [2.45, 2.75) is 0 Å². The second-order valence-corrected chi connectivity index (χ2v) is 4.15. The van der Waals surface area contributed by atoms with Crippen molar-refractivity contribution in [3.63, 3.8) is 0 Å². The molecule has 0 N–H and O–H groups in total. The van der Waals surface area contributed by atoms with Crippen LogP contribution in [0.1, 0.15) is 0 Å². The Balaban J connectivity index is 1.80. The van der Waals surface area contributed by atoms with Gasteiger partial charge >= 0.3 is 0 Å². The average Bonchev–Trinajstić information content (AvgIpc) is 2.50. The van der Waals surface area contributed by atoms with Gasteiger partial charge in [0, 0.05) is 11.8 Å². The minimum atomic E-state index is 0.825. The summed E-state index contributed by atoms with van der Waals surface area (Å²) in [6.45, 7) is 0. The van der Waals surface area contributed by atoms with E-state index in [9.17, 15) is 0 Å². The van der Waals surface area contributed by atoms with Crippen molar-refractivity contribution < 1.29 is 4.74 Å². The van der Waals surface area contributed by atoms with Gasteiger partial charge in [0.05, 0.1) is 5.69 Å². The van der Waals surface area contributed by atoms with Gasteiger partial charge in [-0.05, 0) is 48.5 Å². The Morgan fingerprint density at radius 3 is 2.00 bits per heavy atom. The molecule has 0 radical (unpaired) electrons. The molecule has 0 aliphatic rings. The van der Waals surface area contributed by atoms with Gasteiger partial charge in [0.15, 0.2) is 0 Å². The van der Waals surface area contributed by atoms with Crippen LogP contribution in [0.5, 0.6) is 11.5 Å². The zero-order valence-electron chi connectivity index (χ0n) is 10.4. The molecular formula is C17H13NO. The van der Waals surface area contributed by atoms with E-state index in [1.54, 1.807) is 6.20 Å². The van der Waals surface area contributed by atoms with Gasteiger partial charge in [0.25, 0.3) is 0 Å². The quantitative estimate of drug-likeness (QED) is 0.677. The van der Waals surface area contributed by atoms with E-state index in [0.29, 0.717) is 0 Å². The highest BCUT2D eigenvalue weighted by molar-refractivity contribution is 5.59. The second-order valence-electron chi connectivity index (χ2n) is 4.15. The molecule has 2 nitrogen and oxygen atoms in total. The lowest BCUT2D eigenvalue weighted by Gasteiger charge is -2.06. The third-order valence-electron chi connectivity index (χ3n) is 2.79. The maximum absolute atomic E-state index is 5.75. The van der Waals surface area contributed by atoms with Crippen LogP contribution in [0, 0.1) is 0 Å². The maximum Gasteiger partial charge on any atom is 0.127 e. The molecule has 2 heteroatoms. The van der Waals surface area contributed by atoms with Crippen molar-refractivity contribution in [3.8, 4) is 22.8 Å². The molecule has 0 amide bonds. The summed E-state index contributed by atoms with van der Waals surface area (Å²) in [4.78, 5) is 4.32. The first kappa shape index (κ1) is 11.5. The fraction of sp³-hybridized carbons (Fsp3) is 0. The summed E-state index contributed by atoms with van der Waals surface area (Å²) in [6, 6.07) is 23.6. The Morgan fingerprint density at radius 1 is 0.632 bits per heavy atom. The van der Waals surface area contributed by atoms with Gasteiger partial charge in [-0.15, -0.1) is 0 Å². The molecule has 1 aromatic heterocycles. The van der Waals surface area contributed by atoms with Gasteiger partial charge < -0.3 is 4.74 Å². The van der Waals surface area contributed by atoms with Crippen molar-refractivity contribution in [2.24, 2.45) is 0 Å². The first-order chi connectivity index (χ1) is 9.42. The molecule has 92 valence electrons. The van der Waals surface area contributed by atoms with E-state index in [4.69, 9.17) is 4.74 Å². The largest absolute Gasteiger partial charge is 0.457 e. The number of nitrogens with zero attached hydrogens (tertiary/aromatic N) is 1. The van der Waals surface area contributed by atoms with Gasteiger partial charge in [-0.2, -0.15) is 0 Å². The Bertz CT molecular complexity index is 633. The topological polar surface area (TPSA) is 22.1 Å². The monoisotopic (exact) mass is 247 g/mol. The van der Waals surface area contributed by atoms with E-state index in [1.807, 2.05) is 72.8 Å². The van der Waals surface area contributed by atoms with Gasteiger partial charge in [0.2, 0.25) is 0 Å². The smallest absolute Gasteiger partial charge is 0.127 e. The first-order valence-corrected chi connectivity index (χ1v) is 6.16. The van der Waals surface area contributed by atoms with Gasteiger partial charge in [-0.1, -0.05) is 24.3 Å². The third kappa shape index (κ3) is 2.80. The number of rotatable bonds is 3. The minimum absolute atomic E-state index is 0.825. The molecule has 0 aliphatic heterocycles. The fourth-order valence-corrected chi connectivity index (χ4v) is 1.85. The van der Waals surface area contributed by atoms with E-state index in [2.05, 4.69) is 4.98 Å². The van der Waals surface area contributed by atoms with Gasteiger partial charge in [-0.25, -0.2) is 0 Å². The summed E-state index contributed by atoms with van der Waals surface area (Å²) < 4.78 is 5.75. The van der Waals surface area contributed by atoms with Crippen LogP contribution in [0.25, 0.3) is 11.3 Å². The molecule has 3 aromatic rings. The van der Waals surface area contributed by atoms with Crippen molar-refractivity contribution >= 4 is 0 Å². The summed E-state index contributed by atoms with van der Waals surface area (Å²) in [5.41, 5.74) is 2.05.